The fraction of sp³-hybridized carbons (Fsp3) is 0.591. The highest BCUT2D eigenvalue weighted by atomic mass is 19.3. The van der Waals surface area contributed by atoms with E-state index in [9.17, 15) is 14.4 Å². The number of amides is 1. The molecule has 10 heteroatoms. The lowest BCUT2D eigenvalue weighted by molar-refractivity contribution is -0.194. The molecule has 1 aromatic rings. The summed E-state index contributed by atoms with van der Waals surface area (Å²) in [4.78, 5) is 38.0. The van der Waals surface area contributed by atoms with Gasteiger partial charge in [-0.05, 0) is 32.9 Å². The smallest absolute Gasteiger partial charge is 0.410 e. The zero-order chi connectivity index (χ0) is 23.9. The van der Waals surface area contributed by atoms with E-state index >= 15 is 8.78 Å². The largest absolute Gasteiger partial charge is 0.481 e. The van der Waals surface area contributed by atoms with Gasteiger partial charge in [0, 0.05) is 37.9 Å². The number of nitrogens with zero attached hydrogens (tertiary/aromatic N) is 1. The zero-order valence-electron chi connectivity index (χ0n) is 18.8. The van der Waals surface area contributed by atoms with Crippen molar-refractivity contribution in [3.8, 4) is 5.75 Å². The molecule has 8 nitrogen and oxygen atoms in total. The number of likely N-dealkylation sites (tertiary alicyclic amines) is 1. The number of methoxy groups -OCH3 is 2. The van der Waals surface area contributed by atoms with E-state index in [1.165, 1.54) is 17.0 Å². The number of halogens is 2. The highest BCUT2D eigenvalue weighted by Gasteiger charge is 2.60. The normalized spacial score (nSPS) is 18.9. The van der Waals surface area contributed by atoms with Gasteiger partial charge < -0.3 is 23.8 Å². The Morgan fingerprint density at radius 2 is 1.53 bits per heavy atom. The second kappa shape index (κ2) is 8.22. The highest BCUT2D eigenvalue weighted by Crippen LogP contribution is 2.49. The molecule has 1 spiro atoms. The van der Waals surface area contributed by atoms with Crippen molar-refractivity contribution in [2.75, 3.05) is 27.3 Å². The van der Waals surface area contributed by atoms with E-state index in [0.717, 1.165) is 14.2 Å². The van der Waals surface area contributed by atoms with Crippen molar-refractivity contribution in [3.05, 3.63) is 28.8 Å². The lowest BCUT2D eigenvalue weighted by Crippen LogP contribution is -2.62. The van der Waals surface area contributed by atoms with Gasteiger partial charge >= 0.3 is 18.0 Å². The molecular formula is C22H27F2NO7. The Morgan fingerprint density at radius 1 is 1.00 bits per heavy atom. The Labute approximate surface area is 184 Å². The molecule has 1 amide bonds. The van der Waals surface area contributed by atoms with Gasteiger partial charge in [-0.3, -0.25) is 0 Å². The quantitative estimate of drug-likeness (QED) is 0.497. The summed E-state index contributed by atoms with van der Waals surface area (Å²) in [7, 11) is 2.27. The van der Waals surface area contributed by atoms with Crippen molar-refractivity contribution in [2.45, 2.75) is 57.2 Å². The molecular weight excluding hydrogens is 428 g/mol. The number of alkyl halides is 2. The fourth-order valence-electron chi connectivity index (χ4n) is 3.95. The molecule has 2 aliphatic heterocycles. The number of rotatable bonds is 2. The third-order valence-corrected chi connectivity index (χ3v) is 5.62. The van der Waals surface area contributed by atoms with Gasteiger partial charge in [-0.1, -0.05) is 0 Å². The summed E-state index contributed by atoms with van der Waals surface area (Å²) >= 11 is 0. The first-order valence-electron chi connectivity index (χ1n) is 10.2. The third kappa shape index (κ3) is 4.35. The number of carbonyl (C=O) groups is 3. The topological polar surface area (TPSA) is 91.4 Å². The van der Waals surface area contributed by atoms with Crippen LogP contribution in [0.4, 0.5) is 13.6 Å². The first kappa shape index (κ1) is 23.7. The molecule has 0 saturated carbocycles. The summed E-state index contributed by atoms with van der Waals surface area (Å²) < 4.78 is 51.1. The number of benzene rings is 1. The predicted molar refractivity (Wildman–Crippen MR) is 108 cm³/mol. The molecule has 0 N–H and O–H groups in total. The summed E-state index contributed by atoms with van der Waals surface area (Å²) in [5, 5.41) is 0. The van der Waals surface area contributed by atoms with E-state index in [1.807, 2.05) is 0 Å². The van der Waals surface area contributed by atoms with Crippen LogP contribution >= 0.6 is 0 Å². The van der Waals surface area contributed by atoms with E-state index in [4.69, 9.17) is 14.2 Å². The van der Waals surface area contributed by atoms with Crippen LogP contribution in [-0.2, 0) is 20.6 Å². The minimum absolute atomic E-state index is 0.0317. The molecule has 1 fully saturated rings. The molecule has 0 bridgehead atoms. The Morgan fingerprint density at radius 3 is 2.03 bits per heavy atom. The Kier molecular flexibility index (Phi) is 6.10. The maximum absolute atomic E-state index is 15.3. The van der Waals surface area contributed by atoms with Crippen LogP contribution in [-0.4, -0.2) is 67.4 Å². The predicted octanol–water partition coefficient (Wildman–Crippen LogP) is 3.60. The SMILES string of the molecule is COC(=O)c1cc2c(cc1C(=O)OC)OC1(CCN(C(=O)OC(C)(C)C)CC1)C(F)(F)C2. The van der Waals surface area contributed by atoms with Crippen LogP contribution < -0.4 is 4.74 Å². The van der Waals surface area contributed by atoms with Crippen LogP contribution in [0.15, 0.2) is 12.1 Å². The van der Waals surface area contributed by atoms with Gasteiger partial charge in [0.15, 0.2) is 5.60 Å². The van der Waals surface area contributed by atoms with Crippen molar-refractivity contribution >= 4 is 18.0 Å². The van der Waals surface area contributed by atoms with Gasteiger partial charge in [0.2, 0.25) is 0 Å². The molecule has 3 rings (SSSR count). The molecule has 0 aromatic heterocycles. The Balaban J connectivity index is 1.90. The van der Waals surface area contributed by atoms with Gasteiger partial charge in [0.1, 0.15) is 11.4 Å². The minimum atomic E-state index is -3.26. The molecule has 2 heterocycles. The lowest BCUT2D eigenvalue weighted by atomic mass is 9.79. The first-order chi connectivity index (χ1) is 14.8. The maximum atomic E-state index is 15.3. The van der Waals surface area contributed by atoms with Crippen molar-refractivity contribution in [3.63, 3.8) is 0 Å². The number of piperidine rings is 1. The second-order valence-electron chi connectivity index (χ2n) is 8.93. The van der Waals surface area contributed by atoms with E-state index in [2.05, 4.69) is 4.74 Å². The van der Waals surface area contributed by atoms with Crippen LogP contribution in [0.25, 0.3) is 0 Å². The standard InChI is InChI=1S/C22H27F2NO7/c1-20(2,3)32-19(28)25-8-6-21(7-9-25)22(23,24)12-13-10-14(17(26)29-4)15(18(27)30-5)11-16(13)31-21/h10-11H,6-9,12H2,1-5H3. The average molecular weight is 455 g/mol. The first-order valence-corrected chi connectivity index (χ1v) is 10.2. The van der Waals surface area contributed by atoms with Crippen molar-refractivity contribution in [1.82, 2.24) is 4.90 Å². The van der Waals surface area contributed by atoms with E-state index in [0.29, 0.717) is 0 Å². The molecule has 1 aromatic carbocycles. The van der Waals surface area contributed by atoms with Crippen molar-refractivity contribution < 1.29 is 42.1 Å². The van der Waals surface area contributed by atoms with Gasteiger partial charge in [-0.2, -0.15) is 0 Å². The lowest BCUT2D eigenvalue weighted by Gasteiger charge is -2.48. The van der Waals surface area contributed by atoms with Crippen LogP contribution in [0.5, 0.6) is 5.75 Å². The van der Waals surface area contributed by atoms with E-state index in [1.54, 1.807) is 20.8 Å². The molecule has 1 saturated heterocycles. The Bertz CT molecular complexity index is 931. The zero-order valence-corrected chi connectivity index (χ0v) is 18.8. The summed E-state index contributed by atoms with van der Waals surface area (Å²) in [5.74, 6) is -4.85. The van der Waals surface area contributed by atoms with Crippen LogP contribution in [0, 0.1) is 0 Å². The fourth-order valence-corrected chi connectivity index (χ4v) is 3.95. The summed E-state index contributed by atoms with van der Waals surface area (Å²) in [5.41, 5.74) is -2.77. The number of ether oxygens (including phenoxy) is 4. The molecule has 32 heavy (non-hydrogen) atoms. The molecule has 0 radical (unpaired) electrons. The number of esters is 2. The number of hydrogen-bond acceptors (Lipinski definition) is 7. The van der Waals surface area contributed by atoms with Gasteiger partial charge in [-0.15, -0.1) is 0 Å². The van der Waals surface area contributed by atoms with Crippen LogP contribution in [0.3, 0.4) is 0 Å². The average Bonchev–Trinajstić information content (AvgIpc) is 2.71. The highest BCUT2D eigenvalue weighted by molar-refractivity contribution is 6.03. The summed E-state index contributed by atoms with van der Waals surface area (Å²) in [6.45, 7) is 5.25. The van der Waals surface area contributed by atoms with Gasteiger partial charge in [0.05, 0.1) is 25.3 Å². The monoisotopic (exact) mass is 455 g/mol. The summed E-state index contributed by atoms with van der Waals surface area (Å²) in [6.07, 6.45) is -1.49. The molecule has 176 valence electrons. The Hall–Kier alpha value is -2.91. The third-order valence-electron chi connectivity index (χ3n) is 5.62. The van der Waals surface area contributed by atoms with Crippen molar-refractivity contribution in [2.24, 2.45) is 0 Å². The van der Waals surface area contributed by atoms with E-state index < -0.39 is 41.6 Å². The molecule has 2 aliphatic rings. The van der Waals surface area contributed by atoms with Crippen molar-refractivity contribution in [1.29, 1.82) is 0 Å². The van der Waals surface area contributed by atoms with Crippen LogP contribution in [0.1, 0.15) is 59.9 Å². The van der Waals surface area contributed by atoms with Gasteiger partial charge in [-0.25, -0.2) is 23.2 Å². The molecule has 0 aliphatic carbocycles. The number of carbonyl (C=O) groups excluding carboxylic acids is 3. The van der Waals surface area contributed by atoms with E-state index in [-0.39, 0.29) is 48.4 Å². The second-order valence-corrected chi connectivity index (χ2v) is 8.93. The molecule has 0 unspecified atom stereocenters. The summed E-state index contributed by atoms with van der Waals surface area (Å²) in [6, 6.07) is 2.43. The van der Waals surface area contributed by atoms with Crippen LogP contribution in [0.2, 0.25) is 0 Å². The number of hydrogen-bond donors (Lipinski definition) is 0. The molecule has 0 atom stereocenters. The number of fused-ring (bicyclic) bond motifs is 1. The van der Waals surface area contributed by atoms with Gasteiger partial charge in [0.25, 0.3) is 5.92 Å². The minimum Gasteiger partial charge on any atom is -0.481 e. The maximum Gasteiger partial charge on any atom is 0.410 e.